The van der Waals surface area contributed by atoms with Gasteiger partial charge in [0, 0.05) is 38.7 Å². The summed E-state index contributed by atoms with van der Waals surface area (Å²) >= 11 is 5.64. The molecule has 0 spiro atoms. The van der Waals surface area contributed by atoms with Gasteiger partial charge in [0.1, 0.15) is 5.75 Å². The lowest BCUT2D eigenvalue weighted by atomic mass is 9.78. The number of nitrogens with one attached hydrogen (secondary N) is 1. The second-order valence-electron chi connectivity index (χ2n) is 6.60. The minimum Gasteiger partial charge on any atom is -0.508 e. The number of carbonyl (C=O) groups excluding carboxylic acids is 1. The van der Waals surface area contributed by atoms with Crippen molar-refractivity contribution in [3.63, 3.8) is 0 Å². The number of benzene rings is 2. The van der Waals surface area contributed by atoms with Crippen LogP contribution in [0.3, 0.4) is 0 Å². The molecule has 2 aromatic carbocycles. The van der Waals surface area contributed by atoms with E-state index in [1.54, 1.807) is 12.1 Å². The van der Waals surface area contributed by atoms with Gasteiger partial charge in [-0.15, -0.1) is 0 Å². The highest BCUT2D eigenvalue weighted by molar-refractivity contribution is 7.80. The molecule has 0 amide bonds. The number of hydrogen-bond acceptors (Lipinski definition) is 4. The summed E-state index contributed by atoms with van der Waals surface area (Å²) in [6.07, 6.45) is 0.706. The van der Waals surface area contributed by atoms with E-state index in [2.05, 4.69) is 5.32 Å². The number of para-hydroxylation sites is 1. The summed E-state index contributed by atoms with van der Waals surface area (Å²) < 4.78 is 0. The first-order valence-corrected chi connectivity index (χ1v) is 9.12. The highest BCUT2D eigenvalue weighted by Gasteiger charge is 2.41. The average Bonchev–Trinajstić information content (AvgIpc) is 2.93. The van der Waals surface area contributed by atoms with Crippen molar-refractivity contribution >= 4 is 28.6 Å². The SMILES string of the molecule is CCC(=S)C1=C(C)NC2=C(C(=O)c3ccccc32)C1c1ccccc1O. The molecule has 4 rings (SSSR count). The zero-order valence-corrected chi connectivity index (χ0v) is 15.5. The third-order valence-electron chi connectivity index (χ3n) is 5.12. The number of allylic oxidation sites excluding steroid dienone is 3. The third kappa shape index (κ3) is 2.33. The number of Topliss-reactive ketones (excluding diaryl/α,β-unsaturated/α-hetero) is 1. The summed E-state index contributed by atoms with van der Waals surface area (Å²) in [5, 5.41) is 13.9. The van der Waals surface area contributed by atoms with Crippen LogP contribution >= 0.6 is 12.2 Å². The number of thiocarbonyl (C=S) groups is 1. The van der Waals surface area contributed by atoms with Crippen LogP contribution in [-0.2, 0) is 0 Å². The molecule has 4 heteroatoms. The number of dihydropyridines is 1. The van der Waals surface area contributed by atoms with Crippen molar-refractivity contribution < 1.29 is 9.90 Å². The Bertz CT molecular complexity index is 1020. The zero-order chi connectivity index (χ0) is 18.4. The largest absolute Gasteiger partial charge is 0.508 e. The molecule has 2 N–H and O–H groups in total. The molecule has 0 fully saturated rings. The normalized spacial score (nSPS) is 18.5. The van der Waals surface area contributed by atoms with Crippen LogP contribution in [0.25, 0.3) is 5.70 Å². The summed E-state index contributed by atoms with van der Waals surface area (Å²) in [7, 11) is 0. The summed E-state index contributed by atoms with van der Waals surface area (Å²) in [6, 6.07) is 14.8. The van der Waals surface area contributed by atoms with E-state index in [0.29, 0.717) is 23.1 Å². The fourth-order valence-electron chi connectivity index (χ4n) is 3.93. The van der Waals surface area contributed by atoms with Crippen LogP contribution in [0.2, 0.25) is 0 Å². The number of fused-ring (bicyclic) bond motifs is 2. The molecule has 1 unspecified atom stereocenters. The van der Waals surface area contributed by atoms with E-state index < -0.39 is 0 Å². The molecule has 0 radical (unpaired) electrons. The molecular weight excluding hydrogens is 342 g/mol. The standard InChI is InChI=1S/C22H19NO2S/c1-3-17(26)18-12(2)23-21-13-8-4-5-9-14(13)22(25)20(21)19(18)15-10-6-7-11-16(15)24/h4-11,19,23-24H,3H2,1-2H3. The maximum absolute atomic E-state index is 13.2. The van der Waals surface area contributed by atoms with Gasteiger partial charge in [0.25, 0.3) is 0 Å². The van der Waals surface area contributed by atoms with Gasteiger partial charge in [-0.3, -0.25) is 4.79 Å². The molecule has 2 aliphatic rings. The van der Waals surface area contributed by atoms with Crippen LogP contribution < -0.4 is 5.32 Å². The van der Waals surface area contributed by atoms with Gasteiger partial charge in [-0.2, -0.15) is 0 Å². The van der Waals surface area contributed by atoms with Crippen molar-refractivity contribution in [2.75, 3.05) is 0 Å². The number of phenols is 1. The summed E-state index contributed by atoms with van der Waals surface area (Å²) in [4.78, 5) is 14.0. The summed E-state index contributed by atoms with van der Waals surface area (Å²) in [5.74, 6) is -0.181. The lowest BCUT2D eigenvalue weighted by Gasteiger charge is -2.31. The molecule has 0 aromatic heterocycles. The van der Waals surface area contributed by atoms with Crippen LogP contribution in [-0.4, -0.2) is 15.8 Å². The maximum Gasteiger partial charge on any atom is 0.192 e. The van der Waals surface area contributed by atoms with Gasteiger partial charge in [-0.1, -0.05) is 61.6 Å². The Morgan fingerprint density at radius 2 is 1.77 bits per heavy atom. The smallest absolute Gasteiger partial charge is 0.192 e. The fraction of sp³-hybridized carbons (Fsp3) is 0.182. The molecule has 0 saturated carbocycles. The number of carbonyl (C=O) groups is 1. The fourth-order valence-corrected chi connectivity index (χ4v) is 4.20. The van der Waals surface area contributed by atoms with Gasteiger partial charge in [-0.25, -0.2) is 0 Å². The van der Waals surface area contributed by atoms with Crippen molar-refractivity contribution in [2.45, 2.75) is 26.2 Å². The van der Waals surface area contributed by atoms with Crippen molar-refractivity contribution in [1.82, 2.24) is 5.32 Å². The summed E-state index contributed by atoms with van der Waals surface area (Å²) in [5.41, 5.74) is 5.68. The Balaban J connectivity index is 1.99. The Morgan fingerprint density at radius 3 is 2.46 bits per heavy atom. The molecule has 1 atom stereocenters. The first kappa shape index (κ1) is 16.7. The van der Waals surface area contributed by atoms with Gasteiger partial charge in [0.2, 0.25) is 0 Å². The van der Waals surface area contributed by atoms with Crippen LogP contribution in [0, 0.1) is 0 Å². The average molecular weight is 361 g/mol. The van der Waals surface area contributed by atoms with E-state index in [9.17, 15) is 9.90 Å². The number of aromatic hydroxyl groups is 1. The van der Waals surface area contributed by atoms with E-state index in [4.69, 9.17) is 12.2 Å². The van der Waals surface area contributed by atoms with Gasteiger partial charge >= 0.3 is 0 Å². The molecule has 26 heavy (non-hydrogen) atoms. The predicted octanol–water partition coefficient (Wildman–Crippen LogP) is 4.74. The lowest BCUT2D eigenvalue weighted by molar-refractivity contribution is 0.103. The van der Waals surface area contributed by atoms with Crippen LogP contribution in [0.4, 0.5) is 0 Å². The van der Waals surface area contributed by atoms with Crippen molar-refractivity contribution in [2.24, 2.45) is 0 Å². The topological polar surface area (TPSA) is 49.3 Å². The van der Waals surface area contributed by atoms with E-state index >= 15 is 0 Å². The lowest BCUT2D eigenvalue weighted by Crippen LogP contribution is -2.27. The number of rotatable bonds is 3. The van der Waals surface area contributed by atoms with E-state index in [1.165, 1.54) is 0 Å². The van der Waals surface area contributed by atoms with Gasteiger partial charge < -0.3 is 10.4 Å². The quantitative estimate of drug-likeness (QED) is 0.775. The first-order valence-electron chi connectivity index (χ1n) is 8.71. The van der Waals surface area contributed by atoms with E-state index in [-0.39, 0.29) is 17.5 Å². The third-order valence-corrected chi connectivity index (χ3v) is 5.63. The minimum atomic E-state index is -0.361. The molecule has 130 valence electrons. The second kappa shape index (κ2) is 6.22. The maximum atomic E-state index is 13.2. The Kier molecular flexibility index (Phi) is 4.00. The zero-order valence-electron chi connectivity index (χ0n) is 14.7. The molecule has 2 aromatic rings. The van der Waals surface area contributed by atoms with Crippen LogP contribution in [0.1, 0.15) is 47.7 Å². The molecule has 1 aliphatic heterocycles. The molecular formula is C22H19NO2S. The van der Waals surface area contributed by atoms with E-state index in [0.717, 1.165) is 27.4 Å². The Labute approximate surface area is 158 Å². The molecule has 3 nitrogen and oxygen atoms in total. The monoisotopic (exact) mass is 361 g/mol. The number of hydrogen-bond donors (Lipinski definition) is 2. The molecule has 0 bridgehead atoms. The van der Waals surface area contributed by atoms with Crippen LogP contribution in [0.15, 0.2) is 65.4 Å². The number of phenolic OH excluding ortho intramolecular Hbond substituents is 1. The Morgan fingerprint density at radius 1 is 1.12 bits per heavy atom. The highest BCUT2D eigenvalue weighted by atomic mass is 32.1. The van der Waals surface area contributed by atoms with Gasteiger partial charge in [0.05, 0.1) is 5.70 Å². The van der Waals surface area contributed by atoms with Crippen molar-refractivity contribution in [1.29, 1.82) is 0 Å². The molecule has 1 heterocycles. The Hall–Kier alpha value is -2.72. The minimum absolute atomic E-state index is 0.000237. The van der Waals surface area contributed by atoms with Gasteiger partial charge in [-0.05, 0) is 25.0 Å². The van der Waals surface area contributed by atoms with Crippen molar-refractivity contribution in [3.05, 3.63) is 82.1 Å². The highest BCUT2D eigenvalue weighted by Crippen LogP contribution is 2.48. The van der Waals surface area contributed by atoms with Crippen molar-refractivity contribution in [3.8, 4) is 5.75 Å². The molecule has 0 saturated heterocycles. The predicted molar refractivity (Wildman–Crippen MR) is 107 cm³/mol. The molecule has 1 aliphatic carbocycles. The number of ketones is 1. The summed E-state index contributed by atoms with van der Waals surface area (Å²) in [6.45, 7) is 4.00. The first-order chi connectivity index (χ1) is 12.5. The van der Waals surface area contributed by atoms with Gasteiger partial charge in [0.15, 0.2) is 5.78 Å². The van der Waals surface area contributed by atoms with E-state index in [1.807, 2.05) is 50.2 Å². The second-order valence-corrected chi connectivity index (χ2v) is 7.09. The van der Waals surface area contributed by atoms with Crippen LogP contribution in [0.5, 0.6) is 5.75 Å².